The van der Waals surface area contributed by atoms with Crippen molar-refractivity contribution in [2.24, 2.45) is 56.7 Å². The summed E-state index contributed by atoms with van der Waals surface area (Å²) in [5.41, 5.74) is 0.819. The number of ether oxygens (including phenoxy) is 1. The molecule has 0 saturated heterocycles. The fraction of sp³-hybridized carbons (Fsp3) is 0.853. The maximum atomic E-state index is 12.9. The minimum absolute atomic E-state index is 0.0108. The fourth-order valence-corrected chi connectivity index (χ4v) is 11.5. The van der Waals surface area contributed by atoms with Crippen LogP contribution in [0.25, 0.3) is 0 Å². The first kappa shape index (κ1) is 29.6. The number of allylic oxidation sites excluding steroid dienone is 2. The summed E-state index contributed by atoms with van der Waals surface area (Å²) >= 11 is 0. The van der Waals surface area contributed by atoms with Gasteiger partial charge in [0.15, 0.2) is 0 Å². The van der Waals surface area contributed by atoms with Crippen molar-refractivity contribution in [2.75, 3.05) is 0 Å². The van der Waals surface area contributed by atoms with E-state index >= 15 is 0 Å². The standard InChI is InChI=1S/C34H52O6/c1-20-12-17-34(29(38)39)19-18-32(6)22(28(34)21(20)2)8-9-24-31(5)15-14-25(40-27(37)11-10-26(35)36)30(3,4)23(31)13-16-33(24,32)7/h8,20-21,23-25,28H,9-19H2,1-7H3,(H,35,36)(H,38,39)/t20-,21+,23?,24?,25?,28?,31+,32-,33-,34+/m1/s1. The summed E-state index contributed by atoms with van der Waals surface area (Å²) in [4.78, 5) is 36.4. The van der Waals surface area contributed by atoms with E-state index in [0.717, 1.165) is 57.8 Å². The number of esters is 1. The molecule has 0 spiro atoms. The van der Waals surface area contributed by atoms with Crippen molar-refractivity contribution in [3.8, 4) is 0 Å². The first-order chi connectivity index (χ1) is 18.5. The Kier molecular flexibility index (Phi) is 7.11. The van der Waals surface area contributed by atoms with Crippen molar-refractivity contribution in [3.63, 3.8) is 0 Å². The number of hydrogen-bond acceptors (Lipinski definition) is 4. The van der Waals surface area contributed by atoms with Crippen molar-refractivity contribution in [1.82, 2.24) is 0 Å². The lowest BCUT2D eigenvalue weighted by atomic mass is 9.33. The molecular weight excluding hydrogens is 504 g/mol. The van der Waals surface area contributed by atoms with E-state index in [2.05, 4.69) is 54.5 Å². The van der Waals surface area contributed by atoms with E-state index in [-0.39, 0.29) is 46.5 Å². The highest BCUT2D eigenvalue weighted by Crippen LogP contribution is 2.75. The number of carboxylic acid groups (broad SMARTS) is 2. The van der Waals surface area contributed by atoms with Gasteiger partial charge >= 0.3 is 17.9 Å². The van der Waals surface area contributed by atoms with Gasteiger partial charge in [-0.1, -0.05) is 60.1 Å². The molecule has 2 N–H and O–H groups in total. The molecule has 10 atom stereocenters. The molecule has 0 radical (unpaired) electrons. The Morgan fingerprint density at radius 3 is 2.23 bits per heavy atom. The molecular formula is C34H52O6. The maximum absolute atomic E-state index is 12.9. The molecule has 0 aliphatic heterocycles. The van der Waals surface area contributed by atoms with E-state index in [1.807, 2.05) is 0 Å². The van der Waals surface area contributed by atoms with E-state index in [0.29, 0.717) is 23.7 Å². The number of carbonyl (C=O) groups excluding carboxylic acids is 1. The van der Waals surface area contributed by atoms with Crippen molar-refractivity contribution in [3.05, 3.63) is 11.6 Å². The summed E-state index contributed by atoms with van der Waals surface area (Å²) < 4.78 is 5.96. The van der Waals surface area contributed by atoms with Gasteiger partial charge in [0.2, 0.25) is 0 Å². The Hall–Kier alpha value is -1.85. The molecule has 4 saturated carbocycles. The molecule has 0 aromatic carbocycles. The Balaban J connectivity index is 1.47. The zero-order valence-corrected chi connectivity index (χ0v) is 25.8. The number of carbonyl (C=O) groups is 3. The highest BCUT2D eigenvalue weighted by atomic mass is 16.5. The van der Waals surface area contributed by atoms with Crippen molar-refractivity contribution >= 4 is 17.9 Å². The smallest absolute Gasteiger partial charge is 0.310 e. The third kappa shape index (κ3) is 3.96. The second kappa shape index (κ2) is 9.59. The van der Waals surface area contributed by atoms with Crippen LogP contribution >= 0.6 is 0 Å². The Morgan fingerprint density at radius 2 is 1.57 bits per heavy atom. The molecule has 4 unspecified atom stereocenters. The molecule has 0 aromatic heterocycles. The Morgan fingerprint density at radius 1 is 0.875 bits per heavy atom. The van der Waals surface area contributed by atoms with Crippen LogP contribution in [0, 0.1) is 56.7 Å². The monoisotopic (exact) mass is 556 g/mol. The van der Waals surface area contributed by atoms with E-state index in [9.17, 15) is 19.5 Å². The third-order valence-electron chi connectivity index (χ3n) is 14.2. The average Bonchev–Trinajstić information content (AvgIpc) is 2.87. The van der Waals surface area contributed by atoms with E-state index in [1.165, 1.54) is 5.57 Å². The molecule has 0 heterocycles. The van der Waals surface area contributed by atoms with Crippen LogP contribution in [-0.4, -0.2) is 34.2 Å². The van der Waals surface area contributed by atoms with Crippen LogP contribution in [-0.2, 0) is 19.1 Å². The van der Waals surface area contributed by atoms with Crippen molar-refractivity contribution in [2.45, 2.75) is 125 Å². The van der Waals surface area contributed by atoms with Crippen LogP contribution in [0.5, 0.6) is 0 Å². The molecule has 6 heteroatoms. The summed E-state index contributed by atoms with van der Waals surface area (Å²) in [6.07, 6.45) is 10.6. The van der Waals surface area contributed by atoms with Crippen LogP contribution in [0.2, 0.25) is 0 Å². The minimum atomic E-state index is -0.974. The number of hydrogen-bond donors (Lipinski definition) is 2. The largest absolute Gasteiger partial charge is 0.481 e. The first-order valence-corrected chi connectivity index (χ1v) is 15.9. The van der Waals surface area contributed by atoms with Gasteiger partial charge in [0.05, 0.1) is 18.3 Å². The van der Waals surface area contributed by atoms with Crippen LogP contribution in [0.3, 0.4) is 0 Å². The maximum Gasteiger partial charge on any atom is 0.310 e. The average molecular weight is 557 g/mol. The second-order valence-electron chi connectivity index (χ2n) is 15.8. The molecule has 5 aliphatic rings. The van der Waals surface area contributed by atoms with E-state index in [4.69, 9.17) is 9.84 Å². The van der Waals surface area contributed by atoms with Gasteiger partial charge in [0.25, 0.3) is 0 Å². The van der Waals surface area contributed by atoms with Gasteiger partial charge in [-0.3, -0.25) is 14.4 Å². The van der Waals surface area contributed by atoms with Gasteiger partial charge in [0, 0.05) is 5.41 Å². The van der Waals surface area contributed by atoms with Crippen molar-refractivity contribution in [1.29, 1.82) is 0 Å². The number of fused-ring (bicyclic) bond motifs is 7. The molecule has 0 amide bonds. The second-order valence-corrected chi connectivity index (χ2v) is 15.8. The van der Waals surface area contributed by atoms with Crippen LogP contribution in [0.15, 0.2) is 11.6 Å². The van der Waals surface area contributed by atoms with Gasteiger partial charge in [-0.25, -0.2) is 0 Å². The van der Waals surface area contributed by atoms with Gasteiger partial charge in [0.1, 0.15) is 6.10 Å². The normalized spacial score (nSPS) is 47.4. The summed E-state index contributed by atoms with van der Waals surface area (Å²) in [6, 6.07) is 0. The van der Waals surface area contributed by atoms with Gasteiger partial charge < -0.3 is 14.9 Å². The quantitative estimate of drug-likeness (QED) is 0.268. The summed E-state index contributed by atoms with van der Waals surface area (Å²) in [7, 11) is 0. The predicted molar refractivity (Wildman–Crippen MR) is 153 cm³/mol. The molecule has 224 valence electrons. The lowest BCUT2D eigenvalue weighted by molar-refractivity contribution is -0.214. The van der Waals surface area contributed by atoms with Gasteiger partial charge in [-0.05, 0) is 104 Å². The zero-order valence-electron chi connectivity index (χ0n) is 25.8. The molecule has 0 bridgehead atoms. The molecule has 6 nitrogen and oxygen atoms in total. The number of rotatable bonds is 5. The van der Waals surface area contributed by atoms with Gasteiger partial charge in [-0.2, -0.15) is 0 Å². The van der Waals surface area contributed by atoms with Crippen LogP contribution in [0.1, 0.15) is 119 Å². The molecule has 5 rings (SSSR count). The third-order valence-corrected chi connectivity index (χ3v) is 14.2. The van der Waals surface area contributed by atoms with E-state index < -0.39 is 23.3 Å². The fourth-order valence-electron chi connectivity index (χ4n) is 11.5. The lowest BCUT2D eigenvalue weighted by Gasteiger charge is -2.71. The SMILES string of the molecule is C[C@@H]1CC[C@]2(C(=O)O)CC[C@]3(C)C(=CCC4[C@@]5(C)CCC(OC(=O)CCC(=O)O)C(C)(C)C5CC[C@]43C)C2[C@H]1C. The van der Waals surface area contributed by atoms with Crippen molar-refractivity contribution < 1.29 is 29.3 Å². The molecule has 0 aromatic rings. The van der Waals surface area contributed by atoms with E-state index in [1.54, 1.807) is 0 Å². The Labute approximate surface area is 240 Å². The Bertz CT molecular complexity index is 1110. The molecule has 40 heavy (non-hydrogen) atoms. The molecule has 4 fully saturated rings. The highest BCUT2D eigenvalue weighted by Gasteiger charge is 2.69. The summed E-state index contributed by atoms with van der Waals surface area (Å²) in [5.74, 6) is -0.0443. The topological polar surface area (TPSA) is 101 Å². The predicted octanol–water partition coefficient (Wildman–Crippen LogP) is 7.51. The minimum Gasteiger partial charge on any atom is -0.481 e. The lowest BCUT2D eigenvalue weighted by Crippen LogP contribution is -2.65. The van der Waals surface area contributed by atoms with Crippen LogP contribution < -0.4 is 0 Å². The molecule has 5 aliphatic carbocycles. The summed E-state index contributed by atoms with van der Waals surface area (Å²) in [5, 5.41) is 19.6. The van der Waals surface area contributed by atoms with Gasteiger partial charge in [-0.15, -0.1) is 0 Å². The number of aliphatic carboxylic acids is 2. The zero-order chi connectivity index (χ0) is 29.5. The first-order valence-electron chi connectivity index (χ1n) is 15.9. The van der Waals surface area contributed by atoms with Crippen LogP contribution in [0.4, 0.5) is 0 Å². The summed E-state index contributed by atoms with van der Waals surface area (Å²) in [6.45, 7) is 16.6. The number of carboxylic acids is 2. The highest BCUT2D eigenvalue weighted by molar-refractivity contribution is 5.77.